The summed E-state index contributed by atoms with van der Waals surface area (Å²) >= 11 is 0. The zero-order valence-electron chi connectivity index (χ0n) is 19.0. The fourth-order valence-corrected chi connectivity index (χ4v) is 3.58. The third kappa shape index (κ3) is 11.2. The van der Waals surface area contributed by atoms with Gasteiger partial charge in [0.2, 0.25) is 11.8 Å². The topological polar surface area (TPSA) is 136 Å². The number of anilines is 2. The van der Waals surface area contributed by atoms with Gasteiger partial charge in [-0.25, -0.2) is 0 Å². The van der Waals surface area contributed by atoms with Crippen molar-refractivity contribution < 1.29 is 29.4 Å². The van der Waals surface area contributed by atoms with Gasteiger partial charge in [0.1, 0.15) is 0 Å². The molecular weight excluding hydrogens is 438 g/mol. The van der Waals surface area contributed by atoms with Crippen molar-refractivity contribution in [3.63, 3.8) is 0 Å². The van der Waals surface area contributed by atoms with Gasteiger partial charge in [0.25, 0.3) is 0 Å². The molecule has 2 amide bonds. The molecule has 182 valence electrons. The van der Waals surface area contributed by atoms with Crippen molar-refractivity contribution in [2.24, 2.45) is 5.92 Å². The number of benzene rings is 2. The third-order valence-corrected chi connectivity index (χ3v) is 5.17. The highest BCUT2D eigenvalue weighted by molar-refractivity contribution is 5.92. The molecule has 0 aromatic heterocycles. The van der Waals surface area contributed by atoms with Crippen LogP contribution in [0.5, 0.6) is 0 Å². The van der Waals surface area contributed by atoms with Gasteiger partial charge in [-0.1, -0.05) is 36.4 Å². The lowest BCUT2D eigenvalue weighted by atomic mass is 9.94. The van der Waals surface area contributed by atoms with Crippen LogP contribution in [0.15, 0.2) is 60.7 Å². The average molecular weight is 470 g/mol. The highest BCUT2D eigenvalue weighted by Crippen LogP contribution is 2.19. The van der Waals surface area contributed by atoms with Gasteiger partial charge in [0.15, 0.2) is 0 Å². The van der Waals surface area contributed by atoms with Crippen LogP contribution in [0.2, 0.25) is 0 Å². The number of aliphatic carboxylic acids is 2. The molecule has 2 aromatic rings. The molecule has 0 fully saturated rings. The van der Waals surface area contributed by atoms with Crippen LogP contribution >= 0.6 is 0 Å². The van der Waals surface area contributed by atoms with E-state index in [0.717, 1.165) is 0 Å². The fourth-order valence-electron chi connectivity index (χ4n) is 3.58. The molecule has 0 radical (unpaired) electrons. The van der Waals surface area contributed by atoms with Crippen molar-refractivity contribution in [1.82, 2.24) is 4.90 Å². The monoisotopic (exact) mass is 469 g/mol. The Morgan fingerprint density at radius 1 is 0.735 bits per heavy atom. The molecule has 9 heteroatoms. The molecule has 0 aliphatic heterocycles. The molecule has 4 N–H and O–H groups in total. The maximum atomic E-state index is 12.5. The Morgan fingerprint density at radius 2 is 1.29 bits per heavy atom. The van der Waals surface area contributed by atoms with Crippen molar-refractivity contribution in [2.45, 2.75) is 32.1 Å². The SMILES string of the molecule is O=C(O)CCCC(CCN(CC(=O)O)CC(=O)Nc1ccccc1)CC(=O)Nc1ccccc1. The Hall–Kier alpha value is -3.72. The van der Waals surface area contributed by atoms with Crippen molar-refractivity contribution in [3.8, 4) is 0 Å². The second-order valence-electron chi connectivity index (χ2n) is 8.08. The lowest BCUT2D eigenvalue weighted by Crippen LogP contribution is -2.38. The van der Waals surface area contributed by atoms with Gasteiger partial charge in [0.05, 0.1) is 13.1 Å². The Morgan fingerprint density at radius 3 is 1.82 bits per heavy atom. The molecular formula is C25H31N3O6. The minimum absolute atomic E-state index is 0.00484. The van der Waals surface area contributed by atoms with Gasteiger partial charge in [-0.05, 0) is 56.0 Å². The number of para-hydroxylation sites is 2. The molecule has 9 nitrogen and oxygen atoms in total. The van der Waals surface area contributed by atoms with Crippen molar-refractivity contribution >= 4 is 35.1 Å². The first kappa shape index (κ1) is 26.5. The number of carboxylic acid groups (broad SMARTS) is 2. The van der Waals surface area contributed by atoms with Gasteiger partial charge in [-0.2, -0.15) is 0 Å². The van der Waals surface area contributed by atoms with Crippen LogP contribution < -0.4 is 10.6 Å². The Labute approximate surface area is 198 Å². The zero-order chi connectivity index (χ0) is 24.8. The van der Waals surface area contributed by atoms with Crippen molar-refractivity contribution in [1.29, 1.82) is 0 Å². The van der Waals surface area contributed by atoms with Crippen LogP contribution in [-0.2, 0) is 19.2 Å². The number of nitrogens with one attached hydrogen (secondary N) is 2. The molecule has 1 unspecified atom stereocenters. The summed E-state index contributed by atoms with van der Waals surface area (Å²) in [6.45, 7) is -0.148. The molecule has 0 saturated heterocycles. The first-order valence-electron chi connectivity index (χ1n) is 11.2. The summed E-state index contributed by atoms with van der Waals surface area (Å²) in [5.74, 6) is -2.65. The zero-order valence-corrected chi connectivity index (χ0v) is 19.0. The van der Waals surface area contributed by atoms with E-state index in [0.29, 0.717) is 30.6 Å². The van der Waals surface area contributed by atoms with Crippen LogP contribution in [0.25, 0.3) is 0 Å². The number of hydrogen-bond acceptors (Lipinski definition) is 5. The summed E-state index contributed by atoms with van der Waals surface area (Å²) < 4.78 is 0. The van der Waals surface area contributed by atoms with E-state index in [2.05, 4.69) is 10.6 Å². The van der Waals surface area contributed by atoms with E-state index in [4.69, 9.17) is 5.11 Å². The normalized spacial score (nSPS) is 11.6. The van der Waals surface area contributed by atoms with Crippen LogP contribution in [0, 0.1) is 5.92 Å². The number of rotatable bonds is 15. The number of nitrogens with zero attached hydrogens (tertiary/aromatic N) is 1. The number of carboxylic acids is 2. The van der Waals surface area contributed by atoms with Crippen molar-refractivity contribution in [3.05, 3.63) is 60.7 Å². The van der Waals surface area contributed by atoms with Gasteiger partial charge >= 0.3 is 11.9 Å². The number of amides is 2. The van der Waals surface area contributed by atoms with Gasteiger partial charge in [-0.15, -0.1) is 0 Å². The van der Waals surface area contributed by atoms with Gasteiger partial charge in [-0.3, -0.25) is 24.1 Å². The maximum absolute atomic E-state index is 12.5. The van der Waals surface area contributed by atoms with Crippen LogP contribution in [0.1, 0.15) is 32.1 Å². The second kappa shape index (κ2) is 14.4. The van der Waals surface area contributed by atoms with Gasteiger partial charge in [0, 0.05) is 24.2 Å². The maximum Gasteiger partial charge on any atom is 0.317 e. The summed E-state index contributed by atoms with van der Waals surface area (Å²) in [4.78, 5) is 48.7. The predicted molar refractivity (Wildman–Crippen MR) is 128 cm³/mol. The summed E-state index contributed by atoms with van der Waals surface area (Å²) in [6, 6.07) is 17.9. The van der Waals surface area contributed by atoms with Crippen LogP contribution in [0.4, 0.5) is 11.4 Å². The summed E-state index contributed by atoms with van der Waals surface area (Å²) in [7, 11) is 0. The number of hydrogen-bond donors (Lipinski definition) is 4. The van der Waals surface area contributed by atoms with E-state index >= 15 is 0 Å². The third-order valence-electron chi connectivity index (χ3n) is 5.17. The first-order valence-corrected chi connectivity index (χ1v) is 11.2. The van der Waals surface area contributed by atoms with Crippen molar-refractivity contribution in [2.75, 3.05) is 30.3 Å². The van der Waals surface area contributed by atoms with Gasteiger partial charge < -0.3 is 20.8 Å². The summed E-state index contributed by atoms with van der Waals surface area (Å²) in [5, 5.41) is 23.8. The first-order chi connectivity index (χ1) is 16.3. The standard InChI is InChI=1S/C25H31N3O6/c29-22(26-20-9-3-1-4-10-20)16-19(8-7-13-24(31)32)14-15-28(18-25(33)34)17-23(30)27-21-11-5-2-6-12-21/h1-6,9-12,19H,7-8,13-18H2,(H,26,29)(H,27,30)(H,31,32)(H,33,34). The summed E-state index contributed by atoms with van der Waals surface area (Å²) in [5.41, 5.74) is 1.29. The van der Waals surface area contributed by atoms with E-state index in [9.17, 15) is 24.3 Å². The van der Waals surface area contributed by atoms with E-state index in [1.807, 2.05) is 24.3 Å². The predicted octanol–water partition coefficient (Wildman–Crippen LogP) is 3.30. The molecule has 1 atom stereocenters. The lowest BCUT2D eigenvalue weighted by molar-refractivity contribution is -0.139. The Balaban J connectivity index is 1.95. The number of carbonyl (C=O) groups is 4. The van der Waals surface area contributed by atoms with E-state index < -0.39 is 11.9 Å². The van der Waals surface area contributed by atoms with E-state index in [1.165, 1.54) is 4.90 Å². The summed E-state index contributed by atoms with van der Waals surface area (Å²) in [6.07, 6.45) is 1.53. The van der Waals surface area contributed by atoms with E-state index in [-0.39, 0.29) is 50.2 Å². The Bertz CT molecular complexity index is 936. The minimum Gasteiger partial charge on any atom is -0.481 e. The smallest absolute Gasteiger partial charge is 0.317 e. The highest BCUT2D eigenvalue weighted by atomic mass is 16.4. The fraction of sp³-hybridized carbons (Fsp3) is 0.360. The average Bonchev–Trinajstić information content (AvgIpc) is 2.77. The molecule has 0 saturated carbocycles. The largest absolute Gasteiger partial charge is 0.481 e. The van der Waals surface area contributed by atoms with Crippen LogP contribution in [0.3, 0.4) is 0 Å². The highest BCUT2D eigenvalue weighted by Gasteiger charge is 2.19. The quantitative estimate of drug-likeness (QED) is 0.314. The molecule has 0 aliphatic carbocycles. The molecule has 0 aliphatic rings. The molecule has 0 bridgehead atoms. The second-order valence-corrected chi connectivity index (χ2v) is 8.08. The molecule has 0 heterocycles. The van der Waals surface area contributed by atoms with Crippen LogP contribution in [-0.4, -0.2) is 58.5 Å². The molecule has 2 rings (SSSR count). The molecule has 34 heavy (non-hydrogen) atoms. The van der Waals surface area contributed by atoms with E-state index in [1.54, 1.807) is 36.4 Å². The minimum atomic E-state index is -1.06. The molecule has 2 aromatic carbocycles. The Kier molecular flexibility index (Phi) is 11.3. The number of carbonyl (C=O) groups excluding carboxylic acids is 2. The molecule has 0 spiro atoms. The lowest BCUT2D eigenvalue weighted by Gasteiger charge is -2.23.